The summed E-state index contributed by atoms with van der Waals surface area (Å²) < 4.78 is 0. The van der Waals surface area contributed by atoms with E-state index in [-0.39, 0.29) is 22.8 Å². The minimum absolute atomic E-state index is 0.122. The van der Waals surface area contributed by atoms with Crippen molar-refractivity contribution in [1.82, 2.24) is 0 Å². The van der Waals surface area contributed by atoms with Crippen LogP contribution >= 0.6 is 0 Å². The molecule has 0 fully saturated rings. The number of phenols is 1. The third kappa shape index (κ3) is 1.54. The van der Waals surface area contributed by atoms with Crippen molar-refractivity contribution in [1.29, 1.82) is 0 Å². The minimum Gasteiger partial charge on any atom is -0.507 e. The summed E-state index contributed by atoms with van der Waals surface area (Å²) in [6.45, 7) is 1.32. The first-order chi connectivity index (χ1) is 5.65. The number of aromatic hydroxyl groups is 1. The van der Waals surface area contributed by atoms with E-state index in [0.717, 1.165) is 0 Å². The molecule has 4 nitrogen and oxygen atoms in total. The van der Waals surface area contributed by atoms with Crippen molar-refractivity contribution in [2.24, 2.45) is 0 Å². The highest BCUT2D eigenvalue weighted by molar-refractivity contribution is 5.97. The van der Waals surface area contributed by atoms with Crippen molar-refractivity contribution in [3.8, 4) is 11.5 Å². The van der Waals surface area contributed by atoms with Crippen LogP contribution in [0.2, 0.25) is 0 Å². The van der Waals surface area contributed by atoms with Gasteiger partial charge >= 0.3 is 0 Å². The van der Waals surface area contributed by atoms with Gasteiger partial charge in [-0.3, -0.25) is 4.79 Å². The van der Waals surface area contributed by atoms with E-state index in [1.165, 1.54) is 25.1 Å². The smallest absolute Gasteiger partial charge is 0.166 e. The van der Waals surface area contributed by atoms with E-state index in [0.29, 0.717) is 0 Å². The molecule has 0 saturated carbocycles. The van der Waals surface area contributed by atoms with Crippen LogP contribution in [0.15, 0.2) is 18.2 Å². The van der Waals surface area contributed by atoms with Crippen molar-refractivity contribution >= 4 is 5.78 Å². The lowest BCUT2D eigenvalue weighted by Crippen LogP contribution is -1.93. The van der Waals surface area contributed by atoms with Crippen LogP contribution in [0.3, 0.4) is 0 Å². The number of ketones is 1. The number of hydrogen-bond acceptors (Lipinski definition) is 4. The number of phenolic OH excluding ortho intramolecular Hbond substituents is 1. The molecule has 0 aliphatic carbocycles. The maximum atomic E-state index is 10.8. The Morgan fingerprint density at radius 1 is 1.50 bits per heavy atom. The Hall–Kier alpha value is -1.55. The highest BCUT2D eigenvalue weighted by atomic mass is 17.1. The second kappa shape index (κ2) is 3.23. The van der Waals surface area contributed by atoms with Crippen LogP contribution in [-0.4, -0.2) is 16.1 Å². The van der Waals surface area contributed by atoms with E-state index in [2.05, 4.69) is 4.89 Å². The molecule has 0 bridgehead atoms. The molecule has 0 heterocycles. The molecule has 64 valence electrons. The van der Waals surface area contributed by atoms with Crippen molar-refractivity contribution in [3.63, 3.8) is 0 Å². The lowest BCUT2D eigenvalue weighted by Gasteiger charge is -2.01. The molecule has 1 aromatic rings. The molecule has 0 aromatic heterocycles. The Morgan fingerprint density at radius 2 is 2.17 bits per heavy atom. The number of Topliss-reactive ketones (excluding diaryl/α,β-unsaturated/α-hetero) is 1. The van der Waals surface area contributed by atoms with Crippen molar-refractivity contribution < 1.29 is 20.0 Å². The van der Waals surface area contributed by atoms with Crippen molar-refractivity contribution in [2.45, 2.75) is 6.92 Å². The average Bonchev–Trinajstić information content (AvgIpc) is 2.05. The molecule has 0 aliphatic heterocycles. The molecule has 0 radical (unpaired) electrons. The Bertz CT molecular complexity index is 306. The lowest BCUT2D eigenvalue weighted by atomic mass is 10.1. The Labute approximate surface area is 69.0 Å². The predicted molar refractivity (Wildman–Crippen MR) is 41.4 cm³/mol. The summed E-state index contributed by atoms with van der Waals surface area (Å²) in [6.07, 6.45) is 0. The summed E-state index contributed by atoms with van der Waals surface area (Å²) in [5.74, 6) is -0.285. The second-order valence-electron chi connectivity index (χ2n) is 2.33. The highest BCUT2D eigenvalue weighted by Gasteiger charge is 2.07. The SMILES string of the molecule is CC(=O)c1cc(OO)ccc1O. The first-order valence-corrected chi connectivity index (χ1v) is 3.30. The number of rotatable bonds is 2. The molecular formula is C8H8O4. The molecule has 2 N–H and O–H groups in total. The average molecular weight is 168 g/mol. The van der Waals surface area contributed by atoms with Gasteiger partial charge < -0.3 is 9.99 Å². The molecule has 4 heteroatoms. The Morgan fingerprint density at radius 3 is 2.67 bits per heavy atom. The summed E-state index contributed by atoms with van der Waals surface area (Å²) in [4.78, 5) is 14.7. The van der Waals surface area contributed by atoms with Crippen molar-refractivity contribution in [3.05, 3.63) is 23.8 Å². The number of benzene rings is 1. The van der Waals surface area contributed by atoms with Crippen LogP contribution in [0.4, 0.5) is 0 Å². The molecule has 1 rings (SSSR count). The number of carbonyl (C=O) groups excluding carboxylic acids is 1. The predicted octanol–water partition coefficient (Wildman–Crippen LogP) is 1.45. The lowest BCUT2D eigenvalue weighted by molar-refractivity contribution is -0.137. The largest absolute Gasteiger partial charge is 0.507 e. The van der Waals surface area contributed by atoms with Gasteiger partial charge in [-0.2, -0.15) is 0 Å². The molecular weight excluding hydrogens is 160 g/mol. The van der Waals surface area contributed by atoms with Gasteiger partial charge in [-0.05, 0) is 25.1 Å². The van der Waals surface area contributed by atoms with E-state index >= 15 is 0 Å². The van der Waals surface area contributed by atoms with Gasteiger partial charge in [0.25, 0.3) is 0 Å². The molecule has 0 atom stereocenters. The first-order valence-electron chi connectivity index (χ1n) is 3.30. The normalized spacial score (nSPS) is 9.50. The zero-order valence-corrected chi connectivity index (χ0v) is 6.44. The summed E-state index contributed by atoms with van der Waals surface area (Å²) >= 11 is 0. The maximum absolute atomic E-state index is 10.8. The molecule has 0 spiro atoms. The molecule has 0 unspecified atom stereocenters. The van der Waals surface area contributed by atoms with Crippen LogP contribution < -0.4 is 4.89 Å². The molecule has 0 aliphatic rings. The van der Waals surface area contributed by atoms with E-state index in [4.69, 9.17) is 10.4 Å². The highest BCUT2D eigenvalue weighted by Crippen LogP contribution is 2.22. The van der Waals surface area contributed by atoms with Crippen LogP contribution in [-0.2, 0) is 0 Å². The molecule has 1 aromatic carbocycles. The van der Waals surface area contributed by atoms with E-state index < -0.39 is 0 Å². The van der Waals surface area contributed by atoms with E-state index in [9.17, 15) is 4.79 Å². The monoisotopic (exact) mass is 168 g/mol. The van der Waals surface area contributed by atoms with Gasteiger partial charge in [-0.15, -0.1) is 0 Å². The third-order valence-corrected chi connectivity index (χ3v) is 1.45. The van der Waals surface area contributed by atoms with Crippen molar-refractivity contribution in [2.75, 3.05) is 0 Å². The molecule has 0 amide bonds. The van der Waals surface area contributed by atoms with Gasteiger partial charge in [0.1, 0.15) is 5.75 Å². The Balaban J connectivity index is 3.17. The summed E-state index contributed by atoms with van der Waals surface area (Å²) in [5, 5.41) is 17.4. The third-order valence-electron chi connectivity index (χ3n) is 1.45. The van der Waals surface area contributed by atoms with Gasteiger partial charge in [0, 0.05) is 0 Å². The standard InChI is InChI=1S/C8H8O4/c1-5(9)7-4-6(12-11)2-3-8(7)10/h2-4,10-11H,1H3. The first kappa shape index (κ1) is 8.55. The minimum atomic E-state index is -0.286. The van der Waals surface area contributed by atoms with Gasteiger partial charge in [-0.25, -0.2) is 5.26 Å². The molecule has 12 heavy (non-hydrogen) atoms. The summed E-state index contributed by atoms with van der Waals surface area (Å²) in [5.41, 5.74) is 0.126. The second-order valence-corrected chi connectivity index (χ2v) is 2.33. The number of hydrogen-bond donors (Lipinski definition) is 2. The maximum Gasteiger partial charge on any atom is 0.166 e. The zero-order valence-electron chi connectivity index (χ0n) is 6.44. The summed E-state index contributed by atoms with van der Waals surface area (Å²) in [6, 6.07) is 3.89. The number of carbonyl (C=O) groups is 1. The fourth-order valence-electron chi connectivity index (χ4n) is 0.854. The Kier molecular flexibility index (Phi) is 2.30. The quantitative estimate of drug-likeness (QED) is 0.398. The zero-order chi connectivity index (χ0) is 9.14. The fourth-order valence-corrected chi connectivity index (χ4v) is 0.854. The van der Waals surface area contributed by atoms with Gasteiger partial charge in [-0.1, -0.05) is 0 Å². The van der Waals surface area contributed by atoms with Gasteiger partial charge in [0.2, 0.25) is 0 Å². The van der Waals surface area contributed by atoms with Crippen LogP contribution in [0.5, 0.6) is 11.5 Å². The van der Waals surface area contributed by atoms with Crippen LogP contribution in [0.25, 0.3) is 0 Å². The van der Waals surface area contributed by atoms with Gasteiger partial charge in [0.15, 0.2) is 11.5 Å². The fraction of sp³-hybridized carbons (Fsp3) is 0.125. The van der Waals surface area contributed by atoms with Crippen LogP contribution in [0.1, 0.15) is 17.3 Å². The van der Waals surface area contributed by atoms with E-state index in [1.54, 1.807) is 0 Å². The van der Waals surface area contributed by atoms with Crippen LogP contribution in [0, 0.1) is 0 Å². The topological polar surface area (TPSA) is 66.8 Å². The molecule has 0 saturated heterocycles. The summed E-state index contributed by atoms with van der Waals surface area (Å²) in [7, 11) is 0. The van der Waals surface area contributed by atoms with Gasteiger partial charge in [0.05, 0.1) is 5.56 Å². The van der Waals surface area contributed by atoms with E-state index in [1.807, 2.05) is 0 Å².